The molecule has 1 aliphatic rings. The van der Waals surface area contributed by atoms with Gasteiger partial charge in [-0.15, -0.1) is 0 Å². The molecule has 0 saturated carbocycles. The number of hydrogen-bond donors (Lipinski definition) is 1. The second kappa shape index (κ2) is 8.72. The Bertz CT molecular complexity index is 831. The molecule has 2 aromatic heterocycles. The van der Waals surface area contributed by atoms with Crippen LogP contribution in [0.1, 0.15) is 35.9 Å². The summed E-state index contributed by atoms with van der Waals surface area (Å²) in [7, 11) is 1.59. The molecule has 1 N–H and O–H groups in total. The highest BCUT2D eigenvalue weighted by Crippen LogP contribution is 2.21. The van der Waals surface area contributed by atoms with Crippen LogP contribution in [-0.4, -0.2) is 58.6 Å². The zero-order chi connectivity index (χ0) is 19.2. The van der Waals surface area contributed by atoms with Crippen molar-refractivity contribution in [3.8, 4) is 5.75 Å². The number of hydrogen-bond acceptors (Lipinski definition) is 6. The average molecular weight is 375 g/mol. The molecule has 0 saturated heterocycles. The molecule has 1 aliphatic heterocycles. The second-order valence-corrected chi connectivity index (χ2v) is 6.33. The van der Waals surface area contributed by atoms with Crippen molar-refractivity contribution in [2.45, 2.75) is 26.3 Å². The Morgan fingerprint density at radius 3 is 2.85 bits per heavy atom. The number of carbonyl (C=O) groups excluding carboxylic acids is 1. The molecule has 0 unspecified atom stereocenters. The van der Waals surface area contributed by atoms with Crippen LogP contribution in [0.25, 0.3) is 0 Å². The van der Waals surface area contributed by atoms with Gasteiger partial charge in [-0.3, -0.25) is 14.3 Å². The first-order chi connectivity index (χ1) is 13.2. The van der Waals surface area contributed by atoms with E-state index in [1.807, 2.05) is 11.5 Å². The molecule has 146 valence electrons. The molecule has 27 heavy (non-hydrogen) atoms. The number of rotatable bonds is 9. The Hall–Kier alpha value is -2.81. The molecule has 9 heteroatoms. The van der Waals surface area contributed by atoms with Crippen molar-refractivity contribution in [2.24, 2.45) is 0 Å². The maximum Gasteiger partial charge on any atom is 0.277 e. The molecule has 0 atom stereocenters. The van der Waals surface area contributed by atoms with E-state index in [4.69, 9.17) is 9.47 Å². The van der Waals surface area contributed by atoms with Crippen LogP contribution >= 0.6 is 0 Å². The van der Waals surface area contributed by atoms with Crippen molar-refractivity contribution in [3.63, 3.8) is 0 Å². The van der Waals surface area contributed by atoms with Gasteiger partial charge in [-0.05, 0) is 6.42 Å². The van der Waals surface area contributed by atoms with E-state index < -0.39 is 0 Å². The monoisotopic (exact) mass is 375 g/mol. The molecule has 0 aliphatic carbocycles. The van der Waals surface area contributed by atoms with Gasteiger partial charge in [-0.25, -0.2) is 4.98 Å². The zero-order valence-electron chi connectivity index (χ0n) is 15.7. The van der Waals surface area contributed by atoms with Crippen LogP contribution in [0.2, 0.25) is 0 Å². The highest BCUT2D eigenvalue weighted by atomic mass is 16.5. The van der Waals surface area contributed by atoms with E-state index in [0.29, 0.717) is 38.7 Å². The Morgan fingerprint density at radius 1 is 1.30 bits per heavy atom. The smallest absolute Gasteiger partial charge is 0.277 e. The highest BCUT2D eigenvalue weighted by Gasteiger charge is 2.31. The van der Waals surface area contributed by atoms with Crippen LogP contribution in [0.4, 0.5) is 0 Å². The van der Waals surface area contributed by atoms with E-state index >= 15 is 0 Å². The van der Waals surface area contributed by atoms with Gasteiger partial charge in [0.05, 0.1) is 31.8 Å². The molecule has 0 bridgehead atoms. The van der Waals surface area contributed by atoms with Crippen LogP contribution in [-0.2, 0) is 11.3 Å². The number of fused-ring (bicyclic) bond motifs is 1. The van der Waals surface area contributed by atoms with Crippen molar-refractivity contribution >= 4 is 5.91 Å². The second-order valence-electron chi connectivity index (χ2n) is 6.33. The fourth-order valence-electron chi connectivity index (χ4n) is 2.92. The maximum atomic E-state index is 13.1. The molecule has 0 fully saturated rings. The largest absolute Gasteiger partial charge is 0.487 e. The number of methoxy groups -OCH3 is 1. The van der Waals surface area contributed by atoms with Gasteiger partial charge in [0, 0.05) is 32.1 Å². The molecule has 1 amide bonds. The molecular formula is C18H25N5O4. The SMILES string of the molecule is CCCCOc1c2n(c(Cn3ccnc3)cc1=O)NCN(CCOC)C2=O. The van der Waals surface area contributed by atoms with E-state index in [-0.39, 0.29) is 22.8 Å². The number of amides is 1. The Kier molecular flexibility index (Phi) is 6.12. The lowest BCUT2D eigenvalue weighted by Crippen LogP contribution is -2.49. The van der Waals surface area contributed by atoms with Crippen molar-refractivity contribution < 1.29 is 14.3 Å². The standard InChI is InChI=1S/C18H25N5O4/c1-3-4-8-27-17-15(24)10-14(11-21-6-5-19-12-21)23-16(17)18(25)22(13-20-23)7-9-26-2/h5-6,10,12,20H,3-4,7-9,11,13H2,1-2H3. The number of nitrogens with one attached hydrogen (secondary N) is 1. The fourth-order valence-corrected chi connectivity index (χ4v) is 2.92. The third kappa shape index (κ3) is 4.13. The molecule has 0 spiro atoms. The summed E-state index contributed by atoms with van der Waals surface area (Å²) < 4.78 is 14.3. The number of imidazole rings is 1. The molecule has 0 radical (unpaired) electrons. The summed E-state index contributed by atoms with van der Waals surface area (Å²) in [6, 6.07) is 1.51. The van der Waals surface area contributed by atoms with Crippen molar-refractivity contribution in [3.05, 3.63) is 46.4 Å². The molecular weight excluding hydrogens is 350 g/mol. The van der Waals surface area contributed by atoms with Gasteiger partial charge in [-0.2, -0.15) is 0 Å². The summed E-state index contributed by atoms with van der Waals surface area (Å²) >= 11 is 0. The fraction of sp³-hybridized carbons (Fsp3) is 0.500. The minimum absolute atomic E-state index is 0.0949. The minimum atomic E-state index is -0.295. The van der Waals surface area contributed by atoms with Crippen LogP contribution in [0.5, 0.6) is 5.75 Å². The zero-order valence-corrected chi connectivity index (χ0v) is 15.7. The van der Waals surface area contributed by atoms with Gasteiger partial charge in [0.1, 0.15) is 6.67 Å². The minimum Gasteiger partial charge on any atom is -0.487 e. The van der Waals surface area contributed by atoms with Crippen LogP contribution in [0.15, 0.2) is 29.6 Å². The van der Waals surface area contributed by atoms with Gasteiger partial charge in [0.15, 0.2) is 11.4 Å². The van der Waals surface area contributed by atoms with Crippen molar-refractivity contribution in [2.75, 3.05) is 39.0 Å². The molecule has 3 rings (SSSR count). The predicted molar refractivity (Wildman–Crippen MR) is 99.6 cm³/mol. The van der Waals surface area contributed by atoms with E-state index in [1.54, 1.807) is 35.4 Å². The van der Waals surface area contributed by atoms with Gasteiger partial charge in [0.25, 0.3) is 5.91 Å². The van der Waals surface area contributed by atoms with E-state index in [0.717, 1.165) is 12.8 Å². The van der Waals surface area contributed by atoms with Crippen molar-refractivity contribution in [1.29, 1.82) is 0 Å². The van der Waals surface area contributed by atoms with E-state index in [1.165, 1.54) is 6.07 Å². The lowest BCUT2D eigenvalue weighted by Gasteiger charge is -2.33. The predicted octanol–water partition coefficient (Wildman–Crippen LogP) is 0.875. The first-order valence-corrected chi connectivity index (χ1v) is 9.05. The third-order valence-electron chi connectivity index (χ3n) is 4.37. The van der Waals surface area contributed by atoms with Crippen LogP contribution in [0, 0.1) is 0 Å². The van der Waals surface area contributed by atoms with E-state index in [2.05, 4.69) is 10.4 Å². The number of nitrogens with zero attached hydrogens (tertiary/aromatic N) is 4. The lowest BCUT2D eigenvalue weighted by atomic mass is 10.2. The topological polar surface area (TPSA) is 90.6 Å². The normalized spacial score (nSPS) is 13.4. The van der Waals surface area contributed by atoms with Crippen LogP contribution < -0.4 is 15.6 Å². The highest BCUT2D eigenvalue weighted by molar-refractivity contribution is 5.96. The number of pyridine rings is 1. The van der Waals surface area contributed by atoms with Gasteiger partial charge < -0.3 is 24.4 Å². The van der Waals surface area contributed by atoms with Crippen molar-refractivity contribution in [1.82, 2.24) is 19.1 Å². The van der Waals surface area contributed by atoms with Gasteiger partial charge in [-0.1, -0.05) is 13.3 Å². The summed E-state index contributed by atoms with van der Waals surface area (Å²) in [6.45, 7) is 4.01. The molecule has 2 aromatic rings. The third-order valence-corrected chi connectivity index (χ3v) is 4.37. The first-order valence-electron chi connectivity index (χ1n) is 9.05. The summed E-state index contributed by atoms with van der Waals surface area (Å²) in [4.78, 5) is 31.4. The summed E-state index contributed by atoms with van der Waals surface area (Å²) in [5.74, 6) is -0.153. The Morgan fingerprint density at radius 2 is 2.15 bits per heavy atom. The molecule has 0 aromatic carbocycles. The summed E-state index contributed by atoms with van der Waals surface area (Å²) in [5, 5.41) is 0. The van der Waals surface area contributed by atoms with Gasteiger partial charge >= 0.3 is 0 Å². The van der Waals surface area contributed by atoms with Gasteiger partial charge in [0.2, 0.25) is 5.43 Å². The Labute approximate surface area is 157 Å². The van der Waals surface area contributed by atoms with Crippen LogP contribution in [0.3, 0.4) is 0 Å². The average Bonchev–Trinajstić information content (AvgIpc) is 3.16. The number of ether oxygens (including phenoxy) is 2. The summed E-state index contributed by atoms with van der Waals surface area (Å²) in [5.41, 5.74) is 3.80. The Balaban J connectivity index is 2.00. The lowest BCUT2D eigenvalue weighted by molar-refractivity contribution is 0.0658. The molecule has 9 nitrogen and oxygen atoms in total. The number of aromatic nitrogens is 3. The maximum absolute atomic E-state index is 13.1. The quantitative estimate of drug-likeness (QED) is 0.654. The first kappa shape index (κ1) is 19.0. The van der Waals surface area contributed by atoms with E-state index in [9.17, 15) is 9.59 Å². The summed E-state index contributed by atoms with van der Waals surface area (Å²) in [6.07, 6.45) is 6.89. The number of unbranched alkanes of at least 4 members (excludes halogenated alkanes) is 1. The number of carbonyl (C=O) groups is 1. The molecule has 3 heterocycles.